The van der Waals surface area contributed by atoms with Gasteiger partial charge in [-0.1, -0.05) is 63.8 Å². The lowest BCUT2D eigenvalue weighted by molar-refractivity contribution is -0.130. The fourth-order valence-corrected chi connectivity index (χ4v) is 4.36. The molecule has 1 aliphatic heterocycles. The van der Waals surface area contributed by atoms with Crippen molar-refractivity contribution in [2.75, 3.05) is 26.2 Å². The predicted octanol–water partition coefficient (Wildman–Crippen LogP) is 4.21. The first-order valence-corrected chi connectivity index (χ1v) is 12.3. The monoisotopic (exact) mass is 445 g/mol. The summed E-state index contributed by atoms with van der Waals surface area (Å²) in [5.41, 5.74) is 7.72. The molecule has 0 saturated carbocycles. The molecule has 0 spiro atoms. The number of amides is 3. The SMILES string of the molecule is CCCCN(CCCC)C(=O)NCC1=CC=C(CN2C(=O)C(C)(CC(C)C)N=C2N)CC1. The number of guanidine groups is 1. The second kappa shape index (κ2) is 12.1. The number of carbonyl (C=O) groups excluding carboxylic acids is 2. The number of hydrogen-bond donors (Lipinski definition) is 2. The molecule has 0 aromatic heterocycles. The van der Waals surface area contributed by atoms with Crippen LogP contribution in [0.1, 0.15) is 79.6 Å². The van der Waals surface area contributed by atoms with Crippen LogP contribution in [0, 0.1) is 5.92 Å². The first-order chi connectivity index (χ1) is 15.2. The first-order valence-electron chi connectivity index (χ1n) is 12.3. The molecule has 7 nitrogen and oxygen atoms in total. The van der Waals surface area contributed by atoms with Crippen LogP contribution in [0.15, 0.2) is 28.3 Å². The highest BCUT2D eigenvalue weighted by Gasteiger charge is 2.44. The summed E-state index contributed by atoms with van der Waals surface area (Å²) < 4.78 is 0. The molecule has 32 heavy (non-hydrogen) atoms. The number of rotatable bonds is 12. The van der Waals surface area contributed by atoms with Gasteiger partial charge in [-0.2, -0.15) is 0 Å². The molecule has 0 aromatic rings. The molecule has 0 bridgehead atoms. The second-order valence-corrected chi connectivity index (χ2v) is 9.74. The van der Waals surface area contributed by atoms with Gasteiger partial charge in [-0.3, -0.25) is 9.69 Å². The predicted molar refractivity (Wildman–Crippen MR) is 131 cm³/mol. The van der Waals surface area contributed by atoms with Crippen LogP contribution in [0.4, 0.5) is 4.79 Å². The molecule has 1 aliphatic carbocycles. The van der Waals surface area contributed by atoms with Gasteiger partial charge >= 0.3 is 6.03 Å². The number of nitrogens with two attached hydrogens (primary N) is 1. The van der Waals surface area contributed by atoms with Gasteiger partial charge in [0.15, 0.2) is 5.96 Å². The maximum Gasteiger partial charge on any atom is 0.317 e. The third-order valence-electron chi connectivity index (χ3n) is 6.15. The Kier molecular flexibility index (Phi) is 9.79. The molecule has 7 heteroatoms. The molecular formula is C25H43N5O2. The number of urea groups is 1. The van der Waals surface area contributed by atoms with Gasteiger partial charge in [0.1, 0.15) is 5.54 Å². The molecule has 2 aliphatic rings. The maximum absolute atomic E-state index is 12.9. The van der Waals surface area contributed by atoms with Crippen molar-refractivity contribution < 1.29 is 9.59 Å². The van der Waals surface area contributed by atoms with E-state index in [1.807, 2.05) is 11.8 Å². The highest BCUT2D eigenvalue weighted by molar-refractivity contribution is 6.06. The van der Waals surface area contributed by atoms with Crippen LogP contribution in [-0.4, -0.2) is 59.4 Å². The number of unbranched alkanes of at least 4 members (excludes halogenated alkanes) is 2. The molecule has 0 aromatic carbocycles. The van der Waals surface area contributed by atoms with E-state index < -0.39 is 5.54 Å². The molecule has 2 rings (SSSR count). The van der Waals surface area contributed by atoms with Crippen LogP contribution in [0.2, 0.25) is 0 Å². The van der Waals surface area contributed by atoms with Crippen LogP contribution in [0.25, 0.3) is 0 Å². The van der Waals surface area contributed by atoms with E-state index in [4.69, 9.17) is 5.73 Å². The Balaban J connectivity index is 1.90. The zero-order valence-electron chi connectivity index (χ0n) is 20.7. The second-order valence-electron chi connectivity index (χ2n) is 9.74. The fraction of sp³-hybridized carbons (Fsp3) is 0.720. The summed E-state index contributed by atoms with van der Waals surface area (Å²) in [4.78, 5) is 33.6. The fourth-order valence-electron chi connectivity index (χ4n) is 4.36. The lowest BCUT2D eigenvalue weighted by Crippen LogP contribution is -2.44. The molecule has 0 saturated heterocycles. The summed E-state index contributed by atoms with van der Waals surface area (Å²) in [5.74, 6) is 0.682. The number of allylic oxidation sites excluding steroid dienone is 2. The van der Waals surface area contributed by atoms with Crippen molar-refractivity contribution in [3.05, 3.63) is 23.3 Å². The van der Waals surface area contributed by atoms with E-state index in [2.05, 4.69) is 50.2 Å². The van der Waals surface area contributed by atoms with Crippen molar-refractivity contribution in [1.29, 1.82) is 0 Å². The normalized spacial score (nSPS) is 20.9. The van der Waals surface area contributed by atoms with E-state index in [1.54, 1.807) is 4.90 Å². The van der Waals surface area contributed by atoms with E-state index in [0.29, 0.717) is 31.4 Å². The van der Waals surface area contributed by atoms with Gasteiger partial charge in [-0.15, -0.1) is 0 Å². The van der Waals surface area contributed by atoms with Gasteiger partial charge in [0.25, 0.3) is 5.91 Å². The Morgan fingerprint density at radius 1 is 1.19 bits per heavy atom. The van der Waals surface area contributed by atoms with Crippen molar-refractivity contribution in [2.24, 2.45) is 16.6 Å². The summed E-state index contributed by atoms with van der Waals surface area (Å²) in [7, 11) is 0. The zero-order valence-corrected chi connectivity index (χ0v) is 20.7. The van der Waals surface area contributed by atoms with Gasteiger partial charge in [0.05, 0.1) is 6.54 Å². The van der Waals surface area contributed by atoms with Gasteiger partial charge < -0.3 is 16.0 Å². The summed E-state index contributed by atoms with van der Waals surface area (Å²) in [6, 6.07) is 0.0265. The lowest BCUT2D eigenvalue weighted by atomic mass is 9.90. The molecule has 0 radical (unpaired) electrons. The van der Waals surface area contributed by atoms with Gasteiger partial charge in [0.2, 0.25) is 0 Å². The zero-order chi connectivity index (χ0) is 23.7. The molecule has 180 valence electrons. The Bertz CT molecular complexity index is 747. The molecule has 0 fully saturated rings. The molecule has 1 atom stereocenters. The van der Waals surface area contributed by atoms with E-state index in [0.717, 1.165) is 57.2 Å². The number of nitrogens with one attached hydrogen (secondary N) is 1. The van der Waals surface area contributed by atoms with E-state index >= 15 is 0 Å². The number of carbonyl (C=O) groups is 2. The minimum absolute atomic E-state index is 0.00844. The van der Waals surface area contributed by atoms with Crippen LogP contribution in [-0.2, 0) is 4.79 Å². The van der Waals surface area contributed by atoms with E-state index in [9.17, 15) is 9.59 Å². The summed E-state index contributed by atoms with van der Waals surface area (Å²) in [5, 5.41) is 3.09. The van der Waals surface area contributed by atoms with Gasteiger partial charge in [-0.25, -0.2) is 9.79 Å². The average molecular weight is 446 g/mol. The molecule has 1 unspecified atom stereocenters. The molecular weight excluding hydrogens is 402 g/mol. The van der Waals surface area contributed by atoms with Crippen molar-refractivity contribution in [3.63, 3.8) is 0 Å². The molecule has 3 amide bonds. The van der Waals surface area contributed by atoms with Crippen molar-refractivity contribution in [1.82, 2.24) is 15.1 Å². The van der Waals surface area contributed by atoms with Crippen molar-refractivity contribution in [3.8, 4) is 0 Å². The third-order valence-corrected chi connectivity index (χ3v) is 6.15. The molecule has 1 heterocycles. The largest absolute Gasteiger partial charge is 0.369 e. The van der Waals surface area contributed by atoms with Gasteiger partial charge in [0, 0.05) is 19.6 Å². The van der Waals surface area contributed by atoms with E-state index in [1.165, 1.54) is 5.57 Å². The van der Waals surface area contributed by atoms with E-state index in [-0.39, 0.29) is 11.9 Å². The smallest absolute Gasteiger partial charge is 0.317 e. The third kappa shape index (κ3) is 7.10. The summed E-state index contributed by atoms with van der Waals surface area (Å²) in [6.45, 7) is 13.0. The quantitative estimate of drug-likeness (QED) is 0.471. The Morgan fingerprint density at radius 3 is 2.31 bits per heavy atom. The molecule has 3 N–H and O–H groups in total. The average Bonchev–Trinajstić information content (AvgIpc) is 2.95. The standard InChI is InChI=1S/C25H43N5O2/c1-6-8-14-29(15-9-7-2)24(32)27-17-20-10-12-21(13-11-20)18-30-22(31)25(5,16-19(3)4)28-23(30)26/h10,12,19H,6-9,11,13-18H2,1-5H3,(H2,26,28)(H,27,32). The van der Waals surface area contributed by atoms with Crippen molar-refractivity contribution in [2.45, 2.75) is 85.1 Å². The maximum atomic E-state index is 12.9. The Labute approximate surface area is 194 Å². The highest BCUT2D eigenvalue weighted by atomic mass is 16.2. The number of hydrogen-bond acceptors (Lipinski definition) is 4. The van der Waals surface area contributed by atoms with Gasteiger partial charge in [-0.05, 0) is 44.9 Å². The van der Waals surface area contributed by atoms with Crippen LogP contribution in [0.5, 0.6) is 0 Å². The first kappa shape index (κ1) is 25.9. The number of aliphatic imine (C=N–C) groups is 1. The van der Waals surface area contributed by atoms with Crippen LogP contribution < -0.4 is 11.1 Å². The number of nitrogens with zero attached hydrogens (tertiary/aromatic N) is 3. The van der Waals surface area contributed by atoms with Crippen LogP contribution in [0.3, 0.4) is 0 Å². The topological polar surface area (TPSA) is 91.0 Å². The minimum Gasteiger partial charge on any atom is -0.369 e. The lowest BCUT2D eigenvalue weighted by Gasteiger charge is -2.26. The van der Waals surface area contributed by atoms with Crippen molar-refractivity contribution >= 4 is 17.9 Å². The Hall–Kier alpha value is -2.31. The summed E-state index contributed by atoms with van der Waals surface area (Å²) in [6.07, 6.45) is 10.8. The Morgan fingerprint density at radius 2 is 1.78 bits per heavy atom. The van der Waals surface area contributed by atoms with Crippen LogP contribution >= 0.6 is 0 Å². The minimum atomic E-state index is -0.750. The highest BCUT2D eigenvalue weighted by Crippen LogP contribution is 2.30. The summed E-state index contributed by atoms with van der Waals surface area (Å²) >= 11 is 0.